The highest BCUT2D eigenvalue weighted by Gasteiger charge is 2.22. The van der Waals surface area contributed by atoms with E-state index < -0.39 is 5.62 Å². The lowest BCUT2D eigenvalue weighted by atomic mass is 10.3. The predicted molar refractivity (Wildman–Crippen MR) is 74.6 cm³/mol. The number of hydrogen-bond donors (Lipinski definition) is 0. The minimum Gasteiger partial charge on any atom is -0.327 e. The van der Waals surface area contributed by atoms with Gasteiger partial charge in [0.25, 0.3) is 0 Å². The lowest BCUT2D eigenvalue weighted by Crippen LogP contribution is -2.12. The molecule has 0 saturated carbocycles. The molecule has 0 aromatic rings. The minimum atomic E-state index is -1.94. The molecule has 2 nitrogen and oxygen atoms in total. The van der Waals surface area contributed by atoms with Gasteiger partial charge in [-0.15, -0.1) is 0 Å². The van der Waals surface area contributed by atoms with Crippen LogP contribution in [0.3, 0.4) is 0 Å². The SMILES string of the molecule is CCOP(=S)(SCC(C)C)N(C)C=S. The van der Waals surface area contributed by atoms with Gasteiger partial charge >= 0.3 is 0 Å². The summed E-state index contributed by atoms with van der Waals surface area (Å²) >= 11 is 12.1. The fraction of sp³-hybridized carbons (Fsp3) is 0.875. The second-order valence-electron chi connectivity index (χ2n) is 3.26. The highest BCUT2D eigenvalue weighted by molar-refractivity contribution is 8.68. The summed E-state index contributed by atoms with van der Waals surface area (Å²) < 4.78 is 7.52. The highest BCUT2D eigenvalue weighted by atomic mass is 32.9. The van der Waals surface area contributed by atoms with E-state index in [2.05, 4.69) is 13.8 Å². The van der Waals surface area contributed by atoms with E-state index in [-0.39, 0.29) is 0 Å². The Morgan fingerprint density at radius 1 is 1.57 bits per heavy atom. The number of thiocarbonyl (C=S) groups is 1. The number of rotatable bonds is 7. The van der Waals surface area contributed by atoms with E-state index in [1.807, 2.05) is 18.6 Å². The van der Waals surface area contributed by atoms with Crippen LogP contribution in [0, 0.1) is 5.92 Å². The summed E-state index contributed by atoms with van der Waals surface area (Å²) in [4.78, 5) is 0. The molecule has 0 spiro atoms. The molecule has 0 saturated heterocycles. The average molecular weight is 271 g/mol. The lowest BCUT2D eigenvalue weighted by Gasteiger charge is -2.28. The van der Waals surface area contributed by atoms with Crippen LogP contribution in [0.4, 0.5) is 0 Å². The number of hydrogen-bond acceptors (Lipinski definition) is 4. The van der Waals surface area contributed by atoms with Gasteiger partial charge in [0.2, 0.25) is 5.62 Å². The second-order valence-corrected chi connectivity index (χ2v) is 10.3. The normalized spacial score (nSPS) is 15.2. The highest BCUT2D eigenvalue weighted by Crippen LogP contribution is 2.61. The Bertz CT molecular complexity index is 223. The summed E-state index contributed by atoms with van der Waals surface area (Å²) in [6, 6.07) is 0. The molecule has 84 valence electrons. The van der Waals surface area contributed by atoms with Crippen LogP contribution < -0.4 is 0 Å². The summed E-state index contributed by atoms with van der Waals surface area (Å²) in [5, 5.41) is 0. The van der Waals surface area contributed by atoms with Crippen LogP contribution in [0.25, 0.3) is 0 Å². The summed E-state index contributed by atoms with van der Waals surface area (Å²) in [5.41, 5.74) is -0.354. The fourth-order valence-corrected chi connectivity index (χ4v) is 6.50. The Balaban J connectivity index is 4.39. The molecule has 0 aromatic heterocycles. The van der Waals surface area contributed by atoms with Crippen molar-refractivity contribution < 1.29 is 4.52 Å². The molecule has 0 heterocycles. The van der Waals surface area contributed by atoms with Crippen LogP contribution in [-0.4, -0.2) is 29.6 Å². The van der Waals surface area contributed by atoms with Gasteiger partial charge in [0.05, 0.1) is 12.1 Å². The second kappa shape index (κ2) is 7.18. The summed E-state index contributed by atoms with van der Waals surface area (Å²) in [7, 11) is 1.90. The van der Waals surface area contributed by atoms with Crippen molar-refractivity contribution in [2.45, 2.75) is 20.8 Å². The zero-order valence-electron chi connectivity index (χ0n) is 9.10. The summed E-state index contributed by atoms with van der Waals surface area (Å²) in [6.07, 6.45) is 0. The van der Waals surface area contributed by atoms with E-state index in [0.29, 0.717) is 12.5 Å². The van der Waals surface area contributed by atoms with Crippen molar-refractivity contribution in [2.24, 2.45) is 5.92 Å². The molecule has 0 aromatic carbocycles. The monoisotopic (exact) mass is 271 g/mol. The molecule has 0 fully saturated rings. The molecule has 0 bridgehead atoms. The topological polar surface area (TPSA) is 12.5 Å². The van der Waals surface area contributed by atoms with Crippen molar-refractivity contribution in [1.29, 1.82) is 0 Å². The molecule has 1 unspecified atom stereocenters. The quantitative estimate of drug-likeness (QED) is 0.517. The first-order valence-electron chi connectivity index (χ1n) is 4.54. The molecule has 6 heteroatoms. The van der Waals surface area contributed by atoms with E-state index in [9.17, 15) is 0 Å². The van der Waals surface area contributed by atoms with E-state index in [0.717, 1.165) is 5.75 Å². The van der Waals surface area contributed by atoms with Gasteiger partial charge in [-0.3, -0.25) is 0 Å². The fourth-order valence-electron chi connectivity index (χ4n) is 0.684. The van der Waals surface area contributed by atoms with Gasteiger partial charge in [-0.1, -0.05) is 37.4 Å². The van der Waals surface area contributed by atoms with E-state index in [1.165, 1.54) is 0 Å². The number of nitrogens with zero attached hydrogens (tertiary/aromatic N) is 1. The maximum absolute atomic E-state index is 5.65. The molecule has 0 aliphatic carbocycles. The molecule has 1 atom stereocenters. The van der Waals surface area contributed by atoms with Gasteiger partial charge in [-0.2, -0.15) is 0 Å². The first-order chi connectivity index (χ1) is 6.46. The first-order valence-corrected chi connectivity index (χ1v) is 9.27. The van der Waals surface area contributed by atoms with Crippen molar-refractivity contribution in [3.05, 3.63) is 0 Å². The minimum absolute atomic E-state index is 0.626. The Kier molecular flexibility index (Phi) is 7.61. The molecule has 14 heavy (non-hydrogen) atoms. The van der Waals surface area contributed by atoms with Gasteiger partial charge in [0, 0.05) is 12.8 Å². The Morgan fingerprint density at radius 2 is 2.14 bits per heavy atom. The Hall–Kier alpha value is 0.850. The third kappa shape index (κ3) is 5.08. The van der Waals surface area contributed by atoms with E-state index in [4.69, 9.17) is 28.5 Å². The molecule has 0 aliphatic heterocycles. The third-order valence-corrected chi connectivity index (χ3v) is 9.04. The summed E-state index contributed by atoms with van der Waals surface area (Å²) in [6.45, 7) is 6.97. The van der Waals surface area contributed by atoms with Crippen LogP contribution >= 0.6 is 29.2 Å². The van der Waals surface area contributed by atoms with E-state index >= 15 is 0 Å². The van der Waals surface area contributed by atoms with Gasteiger partial charge in [-0.25, -0.2) is 0 Å². The maximum atomic E-state index is 5.65. The Labute approximate surface area is 102 Å². The van der Waals surface area contributed by atoms with Crippen LogP contribution in [-0.2, 0) is 16.3 Å². The summed E-state index contributed by atoms with van der Waals surface area (Å²) in [5.74, 6) is 1.64. The van der Waals surface area contributed by atoms with Crippen molar-refractivity contribution >= 4 is 46.5 Å². The average Bonchev–Trinajstić information content (AvgIpc) is 2.14. The van der Waals surface area contributed by atoms with Gasteiger partial charge in [-0.05, 0) is 24.6 Å². The smallest absolute Gasteiger partial charge is 0.213 e. The molecule has 0 N–H and O–H groups in total. The molecule has 0 radical (unpaired) electrons. The third-order valence-electron chi connectivity index (χ3n) is 1.40. The largest absolute Gasteiger partial charge is 0.327 e. The molecular weight excluding hydrogens is 253 g/mol. The zero-order valence-corrected chi connectivity index (χ0v) is 12.4. The van der Waals surface area contributed by atoms with E-state index in [1.54, 1.807) is 16.9 Å². The molecular formula is C8H18NOPS3. The lowest BCUT2D eigenvalue weighted by molar-refractivity contribution is 0.369. The van der Waals surface area contributed by atoms with Gasteiger partial charge < -0.3 is 9.19 Å². The van der Waals surface area contributed by atoms with Gasteiger partial charge in [0.15, 0.2) is 0 Å². The van der Waals surface area contributed by atoms with Crippen LogP contribution in [0.1, 0.15) is 20.8 Å². The van der Waals surface area contributed by atoms with Crippen molar-refractivity contribution in [3.63, 3.8) is 0 Å². The van der Waals surface area contributed by atoms with Crippen molar-refractivity contribution in [2.75, 3.05) is 19.4 Å². The van der Waals surface area contributed by atoms with Crippen molar-refractivity contribution in [1.82, 2.24) is 4.67 Å². The van der Waals surface area contributed by atoms with Crippen LogP contribution in [0.2, 0.25) is 0 Å². The predicted octanol–water partition coefficient (Wildman–Crippen LogP) is 3.53. The maximum Gasteiger partial charge on any atom is 0.213 e. The molecule has 0 rings (SSSR count). The zero-order chi connectivity index (χ0) is 11.2. The molecule has 0 aliphatic rings. The van der Waals surface area contributed by atoms with Gasteiger partial charge in [0.1, 0.15) is 0 Å². The van der Waals surface area contributed by atoms with Crippen LogP contribution in [0.5, 0.6) is 0 Å². The Morgan fingerprint density at radius 3 is 2.50 bits per heavy atom. The van der Waals surface area contributed by atoms with Crippen LogP contribution in [0.15, 0.2) is 0 Å². The van der Waals surface area contributed by atoms with Crippen molar-refractivity contribution in [3.8, 4) is 0 Å². The standard InChI is InChI=1S/C8H18NOPS3/c1-5-10-11(13,9(4)7-12)14-6-8(2)3/h7-8H,5-6H2,1-4H3. The first kappa shape index (κ1) is 14.8. The molecule has 0 amide bonds.